The Labute approximate surface area is 100 Å². The molecule has 2 rings (SSSR count). The molecule has 4 N–H and O–H groups in total. The fraction of sp³-hybridized carbons (Fsp3) is 0.500. The van der Waals surface area contributed by atoms with Gasteiger partial charge >= 0.3 is 0 Å². The zero-order chi connectivity index (χ0) is 12.3. The van der Waals surface area contributed by atoms with Crippen LogP contribution in [-0.2, 0) is 0 Å². The van der Waals surface area contributed by atoms with E-state index in [1.165, 1.54) is 12.3 Å². The van der Waals surface area contributed by atoms with E-state index in [1.807, 2.05) is 0 Å². The molecule has 0 radical (unpaired) electrons. The average molecular weight is 235 g/mol. The van der Waals surface area contributed by atoms with E-state index in [2.05, 4.69) is 10.3 Å². The summed E-state index contributed by atoms with van der Waals surface area (Å²) in [7, 11) is 0. The number of nitrogens with one attached hydrogen (secondary N) is 1. The number of nitrogens with two attached hydrogens (primary N) is 1. The van der Waals surface area contributed by atoms with Gasteiger partial charge in [0.1, 0.15) is 5.75 Å². The topological polar surface area (TPSA) is 88.2 Å². The summed E-state index contributed by atoms with van der Waals surface area (Å²) in [6, 6.07) is 3.29. The van der Waals surface area contributed by atoms with Crippen molar-refractivity contribution < 1.29 is 9.90 Å². The van der Waals surface area contributed by atoms with Crippen LogP contribution in [0.1, 0.15) is 36.2 Å². The second-order valence-corrected chi connectivity index (χ2v) is 4.47. The van der Waals surface area contributed by atoms with Gasteiger partial charge in [-0.2, -0.15) is 0 Å². The van der Waals surface area contributed by atoms with Crippen LogP contribution in [0.4, 0.5) is 0 Å². The van der Waals surface area contributed by atoms with Gasteiger partial charge in [0.05, 0.1) is 0 Å². The van der Waals surface area contributed by atoms with Gasteiger partial charge in [-0.25, -0.2) is 4.98 Å². The number of carbonyl (C=O) groups is 1. The Morgan fingerprint density at radius 1 is 1.53 bits per heavy atom. The van der Waals surface area contributed by atoms with Crippen LogP contribution < -0.4 is 11.1 Å². The quantitative estimate of drug-likeness (QED) is 0.707. The summed E-state index contributed by atoms with van der Waals surface area (Å²) in [6.45, 7) is 0. The maximum absolute atomic E-state index is 11.9. The molecule has 1 fully saturated rings. The van der Waals surface area contributed by atoms with Gasteiger partial charge in [0, 0.05) is 18.3 Å². The zero-order valence-corrected chi connectivity index (χ0v) is 9.60. The largest absolute Gasteiger partial charge is 0.505 e. The SMILES string of the molecule is NC1CCCC(NC(=O)c2ncccc2O)C1. The number of rotatable bonds is 2. The van der Waals surface area contributed by atoms with E-state index in [9.17, 15) is 9.90 Å². The van der Waals surface area contributed by atoms with Crippen LogP contribution in [0.25, 0.3) is 0 Å². The van der Waals surface area contributed by atoms with Crippen LogP contribution in [0.3, 0.4) is 0 Å². The lowest BCUT2D eigenvalue weighted by Crippen LogP contribution is -2.42. The molecule has 1 aromatic rings. The number of hydrogen-bond donors (Lipinski definition) is 3. The summed E-state index contributed by atoms with van der Waals surface area (Å²) in [4.78, 5) is 15.7. The van der Waals surface area contributed by atoms with Crippen LogP contribution in [0, 0.1) is 0 Å². The van der Waals surface area contributed by atoms with Crippen molar-refractivity contribution in [3.63, 3.8) is 0 Å². The first-order chi connectivity index (χ1) is 8.16. The van der Waals surface area contributed by atoms with Gasteiger partial charge in [-0.3, -0.25) is 4.79 Å². The minimum absolute atomic E-state index is 0.0756. The Hall–Kier alpha value is -1.62. The number of aromatic nitrogens is 1. The molecule has 2 unspecified atom stereocenters. The van der Waals surface area contributed by atoms with Gasteiger partial charge in [-0.05, 0) is 37.8 Å². The van der Waals surface area contributed by atoms with Crippen LogP contribution in [-0.4, -0.2) is 28.1 Å². The maximum atomic E-state index is 11.9. The van der Waals surface area contributed by atoms with E-state index in [0.29, 0.717) is 0 Å². The lowest BCUT2D eigenvalue weighted by Gasteiger charge is -2.27. The highest BCUT2D eigenvalue weighted by Crippen LogP contribution is 2.18. The van der Waals surface area contributed by atoms with Gasteiger partial charge in [0.25, 0.3) is 5.91 Å². The molecular formula is C12H17N3O2. The van der Waals surface area contributed by atoms with Crippen molar-refractivity contribution in [3.05, 3.63) is 24.0 Å². The van der Waals surface area contributed by atoms with Crippen molar-refractivity contribution in [2.24, 2.45) is 5.73 Å². The maximum Gasteiger partial charge on any atom is 0.273 e. The molecule has 5 nitrogen and oxygen atoms in total. The van der Waals surface area contributed by atoms with Gasteiger partial charge in [-0.15, -0.1) is 0 Å². The Balaban J connectivity index is 1.99. The predicted molar refractivity (Wildman–Crippen MR) is 63.6 cm³/mol. The highest BCUT2D eigenvalue weighted by Gasteiger charge is 2.22. The van der Waals surface area contributed by atoms with Crippen LogP contribution in [0.15, 0.2) is 18.3 Å². The van der Waals surface area contributed by atoms with Crippen LogP contribution in [0.2, 0.25) is 0 Å². The summed E-state index contributed by atoms with van der Waals surface area (Å²) < 4.78 is 0. The molecule has 0 bridgehead atoms. The van der Waals surface area contributed by atoms with E-state index in [-0.39, 0.29) is 29.4 Å². The van der Waals surface area contributed by atoms with Crippen LogP contribution >= 0.6 is 0 Å². The first kappa shape index (κ1) is 11.9. The molecular weight excluding hydrogens is 218 g/mol. The molecule has 1 aliphatic carbocycles. The first-order valence-corrected chi connectivity index (χ1v) is 5.87. The van der Waals surface area contributed by atoms with Crippen molar-refractivity contribution in [1.29, 1.82) is 0 Å². The number of carbonyl (C=O) groups excluding carboxylic acids is 1. The third-order valence-electron chi connectivity index (χ3n) is 3.05. The Morgan fingerprint density at radius 3 is 3.06 bits per heavy atom. The third kappa shape index (κ3) is 2.94. The lowest BCUT2D eigenvalue weighted by molar-refractivity contribution is 0.0917. The average Bonchev–Trinajstić information content (AvgIpc) is 2.29. The molecule has 0 spiro atoms. The smallest absolute Gasteiger partial charge is 0.273 e. The monoisotopic (exact) mass is 235 g/mol. The van der Waals surface area contributed by atoms with Crippen molar-refractivity contribution >= 4 is 5.91 Å². The minimum Gasteiger partial charge on any atom is -0.505 e. The predicted octanol–water partition coefficient (Wildman–Crippen LogP) is 0.787. The van der Waals surface area contributed by atoms with E-state index in [4.69, 9.17) is 5.73 Å². The van der Waals surface area contributed by atoms with Crippen molar-refractivity contribution in [1.82, 2.24) is 10.3 Å². The normalized spacial score (nSPS) is 24.3. The molecule has 0 aromatic carbocycles. The molecule has 5 heteroatoms. The summed E-state index contributed by atoms with van der Waals surface area (Å²) in [5.41, 5.74) is 5.93. The second-order valence-electron chi connectivity index (χ2n) is 4.47. The molecule has 1 amide bonds. The summed E-state index contributed by atoms with van der Waals surface area (Å²) in [5.74, 6) is -0.424. The van der Waals surface area contributed by atoms with Gasteiger partial charge in [0.2, 0.25) is 0 Å². The summed E-state index contributed by atoms with van der Waals surface area (Å²) in [5, 5.41) is 12.4. The van der Waals surface area contributed by atoms with E-state index in [0.717, 1.165) is 25.7 Å². The lowest BCUT2D eigenvalue weighted by atomic mass is 9.91. The van der Waals surface area contributed by atoms with E-state index >= 15 is 0 Å². The molecule has 0 saturated heterocycles. The number of aromatic hydroxyl groups is 1. The highest BCUT2D eigenvalue weighted by molar-refractivity contribution is 5.94. The third-order valence-corrected chi connectivity index (χ3v) is 3.05. The second kappa shape index (κ2) is 5.14. The fourth-order valence-electron chi connectivity index (χ4n) is 2.18. The van der Waals surface area contributed by atoms with Gasteiger partial charge in [0.15, 0.2) is 5.69 Å². The molecule has 1 aliphatic rings. The number of amides is 1. The van der Waals surface area contributed by atoms with Crippen molar-refractivity contribution in [2.45, 2.75) is 37.8 Å². The van der Waals surface area contributed by atoms with Crippen molar-refractivity contribution in [3.8, 4) is 5.75 Å². The van der Waals surface area contributed by atoms with Crippen molar-refractivity contribution in [2.75, 3.05) is 0 Å². The van der Waals surface area contributed by atoms with Crippen LogP contribution in [0.5, 0.6) is 5.75 Å². The number of pyridine rings is 1. The number of nitrogens with zero attached hydrogens (tertiary/aromatic N) is 1. The Kier molecular flexibility index (Phi) is 3.58. The Bertz CT molecular complexity index is 408. The minimum atomic E-state index is -0.331. The molecule has 0 aliphatic heterocycles. The summed E-state index contributed by atoms with van der Waals surface area (Å²) in [6.07, 6.45) is 5.26. The number of hydrogen-bond acceptors (Lipinski definition) is 4. The standard InChI is InChI=1S/C12H17N3O2/c13-8-3-1-4-9(7-8)15-12(17)11-10(16)5-2-6-14-11/h2,5-6,8-9,16H,1,3-4,7,13H2,(H,15,17). The molecule has 17 heavy (non-hydrogen) atoms. The van der Waals surface area contributed by atoms with E-state index in [1.54, 1.807) is 6.07 Å². The molecule has 92 valence electrons. The van der Waals surface area contributed by atoms with Gasteiger partial charge in [-0.1, -0.05) is 0 Å². The van der Waals surface area contributed by atoms with E-state index < -0.39 is 0 Å². The highest BCUT2D eigenvalue weighted by atomic mass is 16.3. The molecule has 1 saturated carbocycles. The summed E-state index contributed by atoms with van der Waals surface area (Å²) >= 11 is 0. The first-order valence-electron chi connectivity index (χ1n) is 5.87. The Morgan fingerprint density at radius 2 is 2.35 bits per heavy atom. The zero-order valence-electron chi connectivity index (χ0n) is 9.60. The molecule has 2 atom stereocenters. The molecule has 1 aromatic heterocycles. The van der Waals surface area contributed by atoms with Gasteiger partial charge < -0.3 is 16.2 Å². The molecule has 1 heterocycles. The fourth-order valence-corrected chi connectivity index (χ4v) is 2.18.